The SMILES string of the molecule is CCC[CH2][Al]([CH2]C)[CH2]CCC.[HH]. The van der Waals surface area contributed by atoms with Gasteiger partial charge in [0, 0.05) is 1.43 Å². The lowest BCUT2D eigenvalue weighted by Gasteiger charge is -2.06. The van der Waals surface area contributed by atoms with Gasteiger partial charge in [-0.15, -0.1) is 0 Å². The molecule has 0 aliphatic carbocycles. The van der Waals surface area contributed by atoms with Crippen molar-refractivity contribution in [2.75, 3.05) is 0 Å². The van der Waals surface area contributed by atoms with Gasteiger partial charge in [-0.25, -0.2) is 0 Å². The predicted molar refractivity (Wildman–Crippen MR) is 57.8 cm³/mol. The van der Waals surface area contributed by atoms with Gasteiger partial charge in [0.25, 0.3) is 14.1 Å². The molecule has 0 amide bonds. The average molecular weight is 172 g/mol. The summed E-state index contributed by atoms with van der Waals surface area (Å²) in [5, 5.41) is 4.74. The van der Waals surface area contributed by atoms with Crippen LogP contribution in [0.3, 0.4) is 0 Å². The molecule has 0 heterocycles. The topological polar surface area (TPSA) is 0 Å². The van der Waals surface area contributed by atoms with Crippen molar-refractivity contribution in [2.45, 2.75) is 62.3 Å². The van der Waals surface area contributed by atoms with E-state index in [0.29, 0.717) is 0 Å². The van der Waals surface area contributed by atoms with Crippen LogP contribution in [0, 0.1) is 0 Å². The largest absolute Gasteiger partial charge is 0.261 e. The van der Waals surface area contributed by atoms with Crippen molar-refractivity contribution < 1.29 is 1.43 Å². The summed E-state index contributed by atoms with van der Waals surface area (Å²) in [5.74, 6) is 0. The predicted octanol–water partition coefficient (Wildman–Crippen LogP) is 4.35. The first-order valence-electron chi connectivity index (χ1n) is 5.35. The zero-order valence-electron chi connectivity index (χ0n) is 8.53. The fourth-order valence-electron chi connectivity index (χ4n) is 1.54. The van der Waals surface area contributed by atoms with Crippen molar-refractivity contribution in [3.05, 3.63) is 0 Å². The molecule has 0 aromatic carbocycles. The second-order valence-electron chi connectivity index (χ2n) is 3.56. The van der Waals surface area contributed by atoms with Crippen LogP contribution < -0.4 is 0 Å². The average Bonchev–Trinajstić information content (AvgIpc) is 2.05. The van der Waals surface area contributed by atoms with Crippen molar-refractivity contribution in [3.63, 3.8) is 0 Å². The summed E-state index contributed by atoms with van der Waals surface area (Å²) in [6.07, 6.45) is 5.79. The zero-order valence-corrected chi connectivity index (χ0v) is 9.68. The summed E-state index contributed by atoms with van der Waals surface area (Å²) in [4.78, 5) is 0. The van der Waals surface area contributed by atoms with Crippen LogP contribution >= 0.6 is 0 Å². The third-order valence-electron chi connectivity index (χ3n) is 2.51. The number of hydrogen-bond donors (Lipinski definition) is 0. The molecule has 0 aromatic heterocycles. The van der Waals surface area contributed by atoms with Gasteiger partial charge in [0.05, 0.1) is 0 Å². The third-order valence-corrected chi connectivity index (χ3v) is 6.11. The Kier molecular flexibility index (Phi) is 9.05. The molecule has 0 atom stereocenters. The molecule has 0 saturated carbocycles. The number of unbranched alkanes of at least 4 members (excludes halogenated alkanes) is 2. The fraction of sp³-hybridized carbons (Fsp3) is 1.00. The highest BCUT2D eigenvalue weighted by atomic mass is 27.2. The molecular weight excluding hydrogens is 147 g/mol. The number of hydrogen-bond acceptors (Lipinski definition) is 0. The van der Waals surface area contributed by atoms with Crippen molar-refractivity contribution in [3.8, 4) is 0 Å². The van der Waals surface area contributed by atoms with Gasteiger partial charge in [-0.3, -0.25) is 0 Å². The Labute approximate surface area is 78.3 Å². The standard InChI is InChI=1S/2C4H9.C2H5.Al.H2/c2*1-3-4-2;1-2;;/h2*1,3-4H2,2H3;1H2,2H3;;1H. The van der Waals surface area contributed by atoms with E-state index in [2.05, 4.69) is 20.8 Å². The molecule has 0 spiro atoms. The van der Waals surface area contributed by atoms with Crippen LogP contribution in [0.5, 0.6) is 0 Å². The van der Waals surface area contributed by atoms with Gasteiger partial charge in [-0.2, -0.15) is 0 Å². The molecule has 0 nitrogen and oxygen atoms in total. The Balaban J connectivity index is 0. The van der Waals surface area contributed by atoms with Crippen LogP contribution in [0.1, 0.15) is 47.9 Å². The van der Waals surface area contributed by atoms with E-state index in [1.165, 1.54) is 31.0 Å². The first-order valence-corrected chi connectivity index (χ1v) is 7.80. The molecule has 0 radical (unpaired) electrons. The van der Waals surface area contributed by atoms with Gasteiger partial charge in [0.2, 0.25) is 0 Å². The van der Waals surface area contributed by atoms with E-state index in [4.69, 9.17) is 0 Å². The Morgan fingerprint density at radius 3 is 1.64 bits per heavy atom. The van der Waals surface area contributed by atoms with Gasteiger partial charge in [0.15, 0.2) is 0 Å². The van der Waals surface area contributed by atoms with Crippen LogP contribution in [0.2, 0.25) is 15.8 Å². The maximum absolute atomic E-state index is 2.39. The van der Waals surface area contributed by atoms with Gasteiger partial charge < -0.3 is 0 Å². The summed E-state index contributed by atoms with van der Waals surface area (Å²) in [5.41, 5.74) is 0. The molecule has 0 bridgehead atoms. The molecular formula is C10H25Al. The second kappa shape index (κ2) is 8.63. The van der Waals surface area contributed by atoms with E-state index >= 15 is 0 Å². The van der Waals surface area contributed by atoms with Gasteiger partial charge in [-0.05, 0) is 0 Å². The first-order chi connectivity index (χ1) is 5.35. The molecule has 0 aliphatic rings. The summed E-state index contributed by atoms with van der Waals surface area (Å²) < 4.78 is 0. The van der Waals surface area contributed by atoms with E-state index in [-0.39, 0.29) is 15.6 Å². The molecule has 0 N–H and O–H groups in total. The van der Waals surface area contributed by atoms with Crippen molar-refractivity contribution in [1.29, 1.82) is 0 Å². The molecule has 1 heteroatoms. The van der Waals surface area contributed by atoms with Crippen molar-refractivity contribution in [1.82, 2.24) is 0 Å². The van der Waals surface area contributed by atoms with Crippen LogP contribution in [0.4, 0.5) is 0 Å². The lowest BCUT2D eigenvalue weighted by molar-refractivity contribution is 0.837. The first kappa shape index (κ1) is 11.5. The Bertz CT molecular complexity index is 68.2. The van der Waals surface area contributed by atoms with E-state index in [0.717, 1.165) is 0 Å². The highest BCUT2D eigenvalue weighted by Gasteiger charge is 2.11. The minimum atomic E-state index is -0.248. The monoisotopic (exact) mass is 172 g/mol. The highest BCUT2D eigenvalue weighted by molar-refractivity contribution is 6.58. The van der Waals surface area contributed by atoms with Crippen LogP contribution in [0.15, 0.2) is 0 Å². The van der Waals surface area contributed by atoms with E-state index in [1.807, 2.05) is 0 Å². The zero-order chi connectivity index (χ0) is 8.53. The minimum absolute atomic E-state index is 0. The summed E-state index contributed by atoms with van der Waals surface area (Å²) in [6, 6.07) is 0. The molecule has 11 heavy (non-hydrogen) atoms. The summed E-state index contributed by atoms with van der Waals surface area (Å²) >= 11 is -0.248. The van der Waals surface area contributed by atoms with E-state index in [1.54, 1.807) is 10.6 Å². The lowest BCUT2D eigenvalue weighted by Crippen LogP contribution is -2.09. The Morgan fingerprint density at radius 1 is 0.909 bits per heavy atom. The maximum Gasteiger partial charge on any atom is 0.261 e. The molecule has 0 fully saturated rings. The molecule has 0 aliphatic heterocycles. The van der Waals surface area contributed by atoms with E-state index in [9.17, 15) is 0 Å². The quantitative estimate of drug-likeness (QED) is 0.501. The highest BCUT2D eigenvalue weighted by Crippen LogP contribution is 2.12. The summed E-state index contributed by atoms with van der Waals surface area (Å²) in [6.45, 7) is 7.00. The molecule has 0 rings (SSSR count). The Hall–Kier alpha value is 0.532. The smallest absolute Gasteiger partial charge is 0.0967 e. The van der Waals surface area contributed by atoms with Gasteiger partial charge in [-0.1, -0.05) is 62.3 Å². The molecule has 68 valence electrons. The van der Waals surface area contributed by atoms with Gasteiger partial charge >= 0.3 is 0 Å². The van der Waals surface area contributed by atoms with Crippen LogP contribution in [-0.4, -0.2) is 14.1 Å². The Morgan fingerprint density at radius 2 is 1.36 bits per heavy atom. The fourth-order valence-corrected chi connectivity index (χ4v) is 4.61. The molecule has 0 aromatic rings. The maximum atomic E-state index is 2.39. The van der Waals surface area contributed by atoms with Crippen molar-refractivity contribution in [2.24, 2.45) is 0 Å². The second-order valence-corrected chi connectivity index (χ2v) is 7.26. The third kappa shape index (κ3) is 6.91. The van der Waals surface area contributed by atoms with Crippen LogP contribution in [0.25, 0.3) is 0 Å². The number of rotatable bonds is 7. The van der Waals surface area contributed by atoms with Gasteiger partial charge in [0.1, 0.15) is 0 Å². The molecule has 0 unspecified atom stereocenters. The van der Waals surface area contributed by atoms with E-state index < -0.39 is 0 Å². The lowest BCUT2D eigenvalue weighted by atomic mass is 10.4. The van der Waals surface area contributed by atoms with Crippen molar-refractivity contribution >= 4 is 14.1 Å². The summed E-state index contributed by atoms with van der Waals surface area (Å²) in [7, 11) is 0. The minimum Gasteiger partial charge on any atom is -0.0967 e. The normalized spacial score (nSPS) is 10.1. The van der Waals surface area contributed by atoms with Crippen LogP contribution in [-0.2, 0) is 0 Å². The molecule has 0 saturated heterocycles.